The molecule has 1 aliphatic rings. The summed E-state index contributed by atoms with van der Waals surface area (Å²) in [6, 6.07) is 8.41. The molecule has 3 rings (SSSR count). The molecule has 106 valence electrons. The lowest BCUT2D eigenvalue weighted by molar-refractivity contribution is 0.516. The fourth-order valence-corrected chi connectivity index (χ4v) is 5.14. The van der Waals surface area contributed by atoms with Gasteiger partial charge in [-0.2, -0.15) is 0 Å². The van der Waals surface area contributed by atoms with E-state index < -0.39 is 0 Å². The van der Waals surface area contributed by atoms with Gasteiger partial charge in [-0.1, -0.05) is 66.1 Å². The summed E-state index contributed by atoms with van der Waals surface area (Å²) in [5.74, 6) is 0. The molecule has 0 saturated heterocycles. The summed E-state index contributed by atoms with van der Waals surface area (Å²) < 4.78 is 1.13. The van der Waals surface area contributed by atoms with E-state index in [-0.39, 0.29) is 0 Å². The van der Waals surface area contributed by atoms with Crippen LogP contribution in [-0.2, 0) is 0 Å². The van der Waals surface area contributed by atoms with Crippen LogP contribution in [0.5, 0.6) is 0 Å². The van der Waals surface area contributed by atoms with Crippen LogP contribution in [0.4, 0.5) is 5.00 Å². The largest absolute Gasteiger partial charge is 0.389 e. The topological polar surface area (TPSA) is 38.9 Å². The van der Waals surface area contributed by atoms with Crippen LogP contribution in [0.15, 0.2) is 28.6 Å². The number of hydrogen-bond acceptors (Lipinski definition) is 4. The van der Waals surface area contributed by atoms with Gasteiger partial charge < -0.3 is 5.73 Å². The molecule has 1 heterocycles. The number of aromatic nitrogens is 1. The van der Waals surface area contributed by atoms with Crippen LogP contribution >= 0.6 is 23.1 Å². The molecule has 2 N–H and O–H groups in total. The molecule has 1 aromatic carbocycles. The predicted octanol–water partition coefficient (Wildman–Crippen LogP) is 5.13. The maximum Gasteiger partial charge on any atom is 0.152 e. The number of anilines is 1. The monoisotopic (exact) mass is 304 g/mol. The summed E-state index contributed by atoms with van der Waals surface area (Å²) >= 11 is 3.56. The van der Waals surface area contributed by atoms with Crippen LogP contribution in [0.1, 0.15) is 37.7 Å². The molecule has 4 heteroatoms. The SMILES string of the molecule is Cc1cccc(-c2nc(SC3CCCCC3)sc2N)c1. The van der Waals surface area contributed by atoms with E-state index in [2.05, 4.69) is 31.2 Å². The average molecular weight is 304 g/mol. The van der Waals surface area contributed by atoms with E-state index in [1.165, 1.54) is 37.7 Å². The molecule has 0 atom stereocenters. The van der Waals surface area contributed by atoms with Crippen molar-refractivity contribution in [1.82, 2.24) is 4.98 Å². The van der Waals surface area contributed by atoms with Gasteiger partial charge in [-0.3, -0.25) is 0 Å². The van der Waals surface area contributed by atoms with Crippen molar-refractivity contribution in [2.45, 2.75) is 48.6 Å². The minimum atomic E-state index is 0.736. The number of nitrogens with two attached hydrogens (primary N) is 1. The number of hydrogen-bond donors (Lipinski definition) is 1. The first-order valence-corrected chi connectivity index (χ1v) is 8.92. The van der Waals surface area contributed by atoms with Crippen molar-refractivity contribution in [2.24, 2.45) is 0 Å². The van der Waals surface area contributed by atoms with E-state index in [0.717, 1.165) is 25.8 Å². The summed E-state index contributed by atoms with van der Waals surface area (Å²) in [6.07, 6.45) is 6.77. The molecule has 1 saturated carbocycles. The summed E-state index contributed by atoms with van der Waals surface area (Å²) in [5, 5.41) is 1.58. The molecule has 0 radical (unpaired) electrons. The Morgan fingerprint density at radius 1 is 1.25 bits per heavy atom. The fraction of sp³-hybridized carbons (Fsp3) is 0.438. The van der Waals surface area contributed by atoms with E-state index in [1.807, 2.05) is 11.8 Å². The molecule has 2 aromatic rings. The minimum absolute atomic E-state index is 0.736. The molecular formula is C16H20N2S2. The molecule has 0 unspecified atom stereocenters. The molecule has 1 aliphatic carbocycles. The lowest BCUT2D eigenvalue weighted by atomic mass is 10.0. The van der Waals surface area contributed by atoms with Crippen molar-refractivity contribution in [3.63, 3.8) is 0 Å². The second-order valence-corrected chi connectivity index (χ2v) is 8.02. The highest BCUT2D eigenvalue weighted by atomic mass is 32.2. The Bertz CT molecular complexity index is 586. The summed E-state index contributed by atoms with van der Waals surface area (Å²) in [7, 11) is 0. The zero-order valence-electron chi connectivity index (χ0n) is 11.8. The Hall–Kier alpha value is -1.000. The molecule has 0 aliphatic heterocycles. The van der Waals surface area contributed by atoms with E-state index in [9.17, 15) is 0 Å². The van der Waals surface area contributed by atoms with Gasteiger partial charge in [0.25, 0.3) is 0 Å². The number of aryl methyl sites for hydroxylation is 1. The molecule has 2 nitrogen and oxygen atoms in total. The van der Waals surface area contributed by atoms with Crippen molar-refractivity contribution in [3.05, 3.63) is 29.8 Å². The van der Waals surface area contributed by atoms with Crippen LogP contribution in [0.3, 0.4) is 0 Å². The molecular weight excluding hydrogens is 284 g/mol. The highest BCUT2D eigenvalue weighted by molar-refractivity contribution is 8.01. The maximum atomic E-state index is 6.17. The van der Waals surface area contributed by atoms with Gasteiger partial charge in [0.05, 0.1) is 0 Å². The number of nitrogens with zero attached hydrogens (tertiary/aromatic N) is 1. The summed E-state index contributed by atoms with van der Waals surface area (Å²) in [4.78, 5) is 4.77. The number of rotatable bonds is 3. The highest BCUT2D eigenvalue weighted by Crippen LogP contribution is 2.40. The number of benzene rings is 1. The Morgan fingerprint density at radius 2 is 2.05 bits per heavy atom. The highest BCUT2D eigenvalue weighted by Gasteiger charge is 2.18. The van der Waals surface area contributed by atoms with E-state index in [1.54, 1.807) is 11.3 Å². The van der Waals surface area contributed by atoms with E-state index in [4.69, 9.17) is 10.7 Å². The first-order chi connectivity index (χ1) is 9.72. The Morgan fingerprint density at radius 3 is 2.80 bits per heavy atom. The van der Waals surface area contributed by atoms with Crippen molar-refractivity contribution >= 4 is 28.1 Å². The van der Waals surface area contributed by atoms with Crippen molar-refractivity contribution in [3.8, 4) is 11.3 Å². The van der Waals surface area contributed by atoms with Gasteiger partial charge in [-0.25, -0.2) is 4.98 Å². The van der Waals surface area contributed by atoms with Crippen LogP contribution in [0.2, 0.25) is 0 Å². The summed E-state index contributed by atoms with van der Waals surface area (Å²) in [5.41, 5.74) is 9.51. The number of thioether (sulfide) groups is 1. The normalized spacial score (nSPS) is 16.4. The lowest BCUT2D eigenvalue weighted by Crippen LogP contribution is -2.07. The Balaban J connectivity index is 1.80. The van der Waals surface area contributed by atoms with Crippen molar-refractivity contribution < 1.29 is 0 Å². The van der Waals surface area contributed by atoms with Gasteiger partial charge in [0, 0.05) is 10.8 Å². The Kier molecular flexibility index (Phi) is 4.32. The third-order valence-corrected chi connectivity index (χ3v) is 6.06. The van der Waals surface area contributed by atoms with Crippen molar-refractivity contribution in [2.75, 3.05) is 5.73 Å². The zero-order valence-corrected chi connectivity index (χ0v) is 13.4. The second-order valence-electron chi connectivity index (χ2n) is 5.44. The number of thiazole rings is 1. The third kappa shape index (κ3) is 3.18. The first kappa shape index (κ1) is 14.0. The predicted molar refractivity (Wildman–Crippen MR) is 89.4 cm³/mol. The van der Waals surface area contributed by atoms with Crippen LogP contribution in [-0.4, -0.2) is 10.2 Å². The van der Waals surface area contributed by atoms with Gasteiger partial charge in [0.15, 0.2) is 4.34 Å². The van der Waals surface area contributed by atoms with Gasteiger partial charge >= 0.3 is 0 Å². The van der Waals surface area contributed by atoms with E-state index >= 15 is 0 Å². The lowest BCUT2D eigenvalue weighted by Gasteiger charge is -2.19. The quantitative estimate of drug-likeness (QED) is 0.854. The first-order valence-electron chi connectivity index (χ1n) is 7.22. The van der Waals surface area contributed by atoms with Crippen LogP contribution in [0, 0.1) is 6.92 Å². The van der Waals surface area contributed by atoms with Crippen LogP contribution < -0.4 is 5.73 Å². The third-order valence-electron chi connectivity index (χ3n) is 3.74. The second kappa shape index (κ2) is 6.19. The molecule has 0 bridgehead atoms. The van der Waals surface area contributed by atoms with Gasteiger partial charge in [-0.15, -0.1) is 0 Å². The van der Waals surface area contributed by atoms with Gasteiger partial charge in [0.2, 0.25) is 0 Å². The maximum absolute atomic E-state index is 6.17. The van der Waals surface area contributed by atoms with Crippen molar-refractivity contribution in [1.29, 1.82) is 0 Å². The smallest absolute Gasteiger partial charge is 0.152 e. The molecule has 1 fully saturated rings. The molecule has 20 heavy (non-hydrogen) atoms. The minimum Gasteiger partial charge on any atom is -0.389 e. The fourth-order valence-electron chi connectivity index (χ4n) is 2.69. The molecule has 0 spiro atoms. The Labute approximate surface area is 128 Å². The summed E-state index contributed by atoms with van der Waals surface area (Å²) in [6.45, 7) is 2.10. The zero-order chi connectivity index (χ0) is 13.9. The number of nitrogen functional groups attached to an aromatic ring is 1. The molecule has 0 amide bonds. The van der Waals surface area contributed by atoms with Crippen LogP contribution in [0.25, 0.3) is 11.3 Å². The molecule has 1 aromatic heterocycles. The van der Waals surface area contributed by atoms with Gasteiger partial charge in [-0.05, 0) is 25.8 Å². The van der Waals surface area contributed by atoms with E-state index in [0.29, 0.717) is 0 Å². The standard InChI is InChI=1S/C16H20N2S2/c1-11-6-5-7-12(10-11)14-15(17)20-16(18-14)19-13-8-3-2-4-9-13/h5-7,10,13H,2-4,8-9,17H2,1H3. The van der Waals surface area contributed by atoms with Gasteiger partial charge in [0.1, 0.15) is 10.7 Å². The average Bonchev–Trinajstić information content (AvgIpc) is 2.81.